The monoisotopic (exact) mass is 197 g/mol. The van der Waals surface area contributed by atoms with Crippen molar-refractivity contribution in [2.75, 3.05) is 19.7 Å². The average Bonchev–Trinajstić information content (AvgIpc) is 2.71. The second kappa shape index (κ2) is 4.02. The molecular weight excluding hydrogens is 182 g/mol. The Hall–Kier alpha value is -1.01. The minimum absolute atomic E-state index is 0.0371. The molecule has 0 amide bonds. The lowest BCUT2D eigenvalue weighted by Crippen LogP contribution is -2.42. The van der Waals surface area contributed by atoms with Crippen LogP contribution in [0.25, 0.3) is 0 Å². The number of hydrogen-bond donors (Lipinski definition) is 1. The minimum Gasteiger partial charge on any atom is -0.367 e. The van der Waals surface area contributed by atoms with Crippen LogP contribution in [-0.4, -0.2) is 51.3 Å². The van der Waals surface area contributed by atoms with Gasteiger partial charge in [-0.2, -0.15) is 5.21 Å². The first kappa shape index (κ1) is 9.54. The number of tetrazole rings is 1. The zero-order valence-corrected chi connectivity index (χ0v) is 8.47. The van der Waals surface area contributed by atoms with Crippen LogP contribution < -0.4 is 0 Å². The Morgan fingerprint density at radius 2 is 2.43 bits per heavy atom. The van der Waals surface area contributed by atoms with Gasteiger partial charge in [0.15, 0.2) is 0 Å². The number of morpholine rings is 1. The summed E-state index contributed by atoms with van der Waals surface area (Å²) in [5, 5.41) is 13.8. The molecule has 1 atom stereocenters. The number of hydrogen-bond acceptors (Lipinski definition) is 5. The number of H-pyrrole nitrogens is 1. The average molecular weight is 197 g/mol. The molecule has 1 aliphatic rings. The van der Waals surface area contributed by atoms with Crippen LogP contribution in [0, 0.1) is 0 Å². The Bertz CT molecular complexity index is 273. The molecule has 2 heterocycles. The predicted octanol–water partition coefficient (Wildman–Crippen LogP) is -0.0186. The van der Waals surface area contributed by atoms with Gasteiger partial charge in [0.05, 0.1) is 6.61 Å². The summed E-state index contributed by atoms with van der Waals surface area (Å²) in [4.78, 5) is 2.35. The number of nitrogens with one attached hydrogen (secondary N) is 1. The van der Waals surface area contributed by atoms with Gasteiger partial charge in [0, 0.05) is 19.1 Å². The topological polar surface area (TPSA) is 66.9 Å². The molecule has 0 bridgehead atoms. The number of rotatable bonds is 2. The first-order chi connectivity index (χ1) is 6.77. The molecule has 2 rings (SSSR count). The molecule has 1 aromatic heterocycles. The van der Waals surface area contributed by atoms with Gasteiger partial charge in [-0.15, -0.1) is 10.2 Å². The second-order valence-electron chi connectivity index (χ2n) is 3.72. The summed E-state index contributed by atoms with van der Waals surface area (Å²) in [6.45, 7) is 6.91. The third-order valence-electron chi connectivity index (χ3n) is 2.48. The molecule has 0 aromatic carbocycles. The summed E-state index contributed by atoms with van der Waals surface area (Å²) in [5.41, 5.74) is 0. The molecular formula is C8H15N5O. The maximum atomic E-state index is 5.58. The van der Waals surface area contributed by atoms with E-state index in [4.69, 9.17) is 4.74 Å². The molecule has 6 heteroatoms. The van der Waals surface area contributed by atoms with Gasteiger partial charge < -0.3 is 4.74 Å². The molecule has 1 N–H and O–H groups in total. The van der Waals surface area contributed by atoms with Crippen LogP contribution in [0.15, 0.2) is 0 Å². The van der Waals surface area contributed by atoms with Crippen molar-refractivity contribution in [3.8, 4) is 0 Å². The van der Waals surface area contributed by atoms with Crippen LogP contribution in [0.1, 0.15) is 25.8 Å². The Balaban J connectivity index is 2.01. The van der Waals surface area contributed by atoms with Crippen molar-refractivity contribution >= 4 is 0 Å². The van der Waals surface area contributed by atoms with Crippen molar-refractivity contribution in [2.45, 2.75) is 26.0 Å². The Morgan fingerprint density at radius 3 is 3.07 bits per heavy atom. The van der Waals surface area contributed by atoms with Crippen LogP contribution >= 0.6 is 0 Å². The van der Waals surface area contributed by atoms with Crippen LogP contribution in [0.2, 0.25) is 0 Å². The van der Waals surface area contributed by atoms with E-state index < -0.39 is 0 Å². The number of aromatic nitrogens is 4. The van der Waals surface area contributed by atoms with E-state index in [1.165, 1.54) is 0 Å². The molecule has 1 fully saturated rings. The predicted molar refractivity (Wildman–Crippen MR) is 49.6 cm³/mol. The highest BCUT2D eigenvalue weighted by molar-refractivity contribution is 4.89. The number of aromatic amines is 1. The van der Waals surface area contributed by atoms with Crippen molar-refractivity contribution in [2.24, 2.45) is 0 Å². The van der Waals surface area contributed by atoms with E-state index >= 15 is 0 Å². The van der Waals surface area contributed by atoms with Gasteiger partial charge in [-0.1, -0.05) is 5.21 Å². The Labute approximate surface area is 82.6 Å². The third-order valence-corrected chi connectivity index (χ3v) is 2.48. The van der Waals surface area contributed by atoms with E-state index in [0.29, 0.717) is 11.9 Å². The van der Waals surface area contributed by atoms with Gasteiger partial charge >= 0.3 is 0 Å². The van der Waals surface area contributed by atoms with Gasteiger partial charge in [-0.05, 0) is 13.8 Å². The van der Waals surface area contributed by atoms with Gasteiger partial charge in [-0.3, -0.25) is 4.90 Å². The lowest BCUT2D eigenvalue weighted by molar-refractivity contribution is -0.0442. The zero-order valence-electron chi connectivity index (χ0n) is 8.47. The van der Waals surface area contributed by atoms with E-state index in [0.717, 1.165) is 19.7 Å². The second-order valence-corrected chi connectivity index (χ2v) is 3.72. The zero-order chi connectivity index (χ0) is 9.97. The molecule has 6 nitrogen and oxygen atoms in total. The van der Waals surface area contributed by atoms with Crippen molar-refractivity contribution < 1.29 is 4.74 Å². The van der Waals surface area contributed by atoms with Gasteiger partial charge in [0.25, 0.3) is 0 Å². The molecule has 0 aliphatic carbocycles. The fourth-order valence-corrected chi connectivity index (χ4v) is 1.60. The highest BCUT2D eigenvalue weighted by Crippen LogP contribution is 2.19. The maximum absolute atomic E-state index is 5.58. The summed E-state index contributed by atoms with van der Waals surface area (Å²) in [6, 6.07) is 0.535. The van der Waals surface area contributed by atoms with Crippen LogP contribution in [0.3, 0.4) is 0 Å². The molecule has 1 saturated heterocycles. The van der Waals surface area contributed by atoms with Gasteiger partial charge in [-0.25, -0.2) is 0 Å². The SMILES string of the molecule is CC(C)N1CCOC(c2nn[nH]n2)C1. The van der Waals surface area contributed by atoms with Gasteiger partial charge in [0.1, 0.15) is 6.10 Å². The van der Waals surface area contributed by atoms with Crippen molar-refractivity contribution in [3.63, 3.8) is 0 Å². The van der Waals surface area contributed by atoms with Crippen LogP contribution in [0.4, 0.5) is 0 Å². The lowest BCUT2D eigenvalue weighted by atomic mass is 10.2. The Morgan fingerprint density at radius 1 is 1.57 bits per heavy atom. The summed E-state index contributed by atoms with van der Waals surface area (Å²) in [6.07, 6.45) is -0.0371. The van der Waals surface area contributed by atoms with E-state index in [1.807, 2.05) is 0 Å². The fraction of sp³-hybridized carbons (Fsp3) is 0.875. The quantitative estimate of drug-likeness (QED) is 0.721. The van der Waals surface area contributed by atoms with E-state index in [-0.39, 0.29) is 6.10 Å². The lowest BCUT2D eigenvalue weighted by Gasteiger charge is -2.34. The highest BCUT2D eigenvalue weighted by atomic mass is 16.5. The van der Waals surface area contributed by atoms with Crippen molar-refractivity contribution in [1.82, 2.24) is 25.5 Å². The van der Waals surface area contributed by atoms with Crippen molar-refractivity contribution in [1.29, 1.82) is 0 Å². The van der Waals surface area contributed by atoms with E-state index in [9.17, 15) is 0 Å². The molecule has 0 radical (unpaired) electrons. The summed E-state index contributed by atoms with van der Waals surface area (Å²) >= 11 is 0. The summed E-state index contributed by atoms with van der Waals surface area (Å²) in [5.74, 6) is 0.648. The normalized spacial score (nSPS) is 24.4. The largest absolute Gasteiger partial charge is 0.367 e. The van der Waals surface area contributed by atoms with Crippen LogP contribution in [-0.2, 0) is 4.74 Å². The fourth-order valence-electron chi connectivity index (χ4n) is 1.60. The van der Waals surface area contributed by atoms with Crippen molar-refractivity contribution in [3.05, 3.63) is 5.82 Å². The standard InChI is InChI=1S/C8H15N5O/c1-6(2)13-3-4-14-7(5-13)8-9-11-12-10-8/h6-7H,3-5H2,1-2H3,(H,9,10,11,12). The molecule has 0 saturated carbocycles. The highest BCUT2D eigenvalue weighted by Gasteiger charge is 2.26. The third kappa shape index (κ3) is 1.91. The van der Waals surface area contributed by atoms with Gasteiger partial charge in [0.2, 0.25) is 5.82 Å². The van der Waals surface area contributed by atoms with E-state index in [1.54, 1.807) is 0 Å². The first-order valence-corrected chi connectivity index (χ1v) is 4.86. The Kier molecular flexibility index (Phi) is 2.74. The molecule has 1 aliphatic heterocycles. The summed E-state index contributed by atoms with van der Waals surface area (Å²) < 4.78 is 5.58. The molecule has 1 aromatic rings. The maximum Gasteiger partial charge on any atom is 0.204 e. The minimum atomic E-state index is -0.0371. The molecule has 0 spiro atoms. The van der Waals surface area contributed by atoms with E-state index in [2.05, 4.69) is 39.4 Å². The smallest absolute Gasteiger partial charge is 0.204 e. The molecule has 1 unspecified atom stereocenters. The van der Waals surface area contributed by atoms with Crippen LogP contribution in [0.5, 0.6) is 0 Å². The molecule has 14 heavy (non-hydrogen) atoms. The number of ether oxygens (including phenoxy) is 1. The summed E-state index contributed by atoms with van der Waals surface area (Å²) in [7, 11) is 0. The number of nitrogens with zero attached hydrogens (tertiary/aromatic N) is 4. The molecule has 78 valence electrons. The first-order valence-electron chi connectivity index (χ1n) is 4.86.